The van der Waals surface area contributed by atoms with Crippen LogP contribution >= 0.6 is 0 Å². The second kappa shape index (κ2) is 2.34. The fraction of sp³-hybridized carbons (Fsp3) is 0.364. The lowest BCUT2D eigenvalue weighted by Crippen LogP contribution is -2.43. The summed E-state index contributed by atoms with van der Waals surface area (Å²) in [7, 11) is 0. The van der Waals surface area contributed by atoms with Gasteiger partial charge in [0.25, 0.3) is 0 Å². The number of piperidine rings is 1. The van der Waals surface area contributed by atoms with Gasteiger partial charge in [-0.1, -0.05) is 24.3 Å². The first-order valence-corrected chi connectivity index (χ1v) is 4.75. The third kappa shape index (κ3) is 0.857. The highest BCUT2D eigenvalue weighted by Crippen LogP contribution is 2.41. The summed E-state index contributed by atoms with van der Waals surface area (Å²) in [5.41, 5.74) is 2.58. The van der Waals surface area contributed by atoms with Gasteiger partial charge in [-0.15, -0.1) is 0 Å². The van der Waals surface area contributed by atoms with Crippen molar-refractivity contribution in [2.45, 2.75) is 24.8 Å². The molecule has 0 radical (unpaired) electrons. The Balaban J connectivity index is 2.21. The highest BCUT2D eigenvalue weighted by molar-refractivity contribution is 5.87. The van der Waals surface area contributed by atoms with Gasteiger partial charge < -0.3 is 5.32 Å². The van der Waals surface area contributed by atoms with Gasteiger partial charge in [0.2, 0.25) is 5.91 Å². The summed E-state index contributed by atoms with van der Waals surface area (Å²) in [6.45, 7) is 0. The minimum atomic E-state index is 0.126. The third-order valence-corrected chi connectivity index (χ3v) is 3.12. The summed E-state index contributed by atoms with van der Waals surface area (Å²) in [4.78, 5) is 11.5. The Labute approximate surface area is 77.0 Å². The van der Waals surface area contributed by atoms with Crippen molar-refractivity contribution in [2.75, 3.05) is 0 Å². The monoisotopic (exact) mass is 173 g/mol. The van der Waals surface area contributed by atoms with E-state index >= 15 is 0 Å². The van der Waals surface area contributed by atoms with E-state index in [9.17, 15) is 4.79 Å². The lowest BCUT2D eigenvalue weighted by Gasteiger charge is -2.37. The molecule has 1 N–H and O–H groups in total. The number of fused-ring (bicyclic) bond motifs is 2. The molecule has 13 heavy (non-hydrogen) atoms. The Hall–Kier alpha value is -1.31. The summed E-state index contributed by atoms with van der Waals surface area (Å²) >= 11 is 0. The van der Waals surface area contributed by atoms with E-state index in [1.54, 1.807) is 0 Å². The Morgan fingerprint density at radius 2 is 1.92 bits per heavy atom. The SMILES string of the molecule is O=C1NC2CCC1c1ccccc12. The topological polar surface area (TPSA) is 29.1 Å². The first-order chi connectivity index (χ1) is 6.36. The van der Waals surface area contributed by atoms with Gasteiger partial charge in [0.05, 0.1) is 12.0 Å². The summed E-state index contributed by atoms with van der Waals surface area (Å²) < 4.78 is 0. The first kappa shape index (κ1) is 7.13. The molecule has 1 saturated heterocycles. The number of carbonyl (C=O) groups is 1. The maximum Gasteiger partial charge on any atom is 0.228 e. The molecule has 2 aliphatic heterocycles. The molecule has 66 valence electrons. The molecule has 2 bridgehead atoms. The summed E-state index contributed by atoms with van der Waals surface area (Å²) in [6.07, 6.45) is 2.13. The molecular formula is C11H11NO. The van der Waals surface area contributed by atoms with E-state index in [2.05, 4.69) is 17.4 Å². The Bertz CT molecular complexity index is 372. The zero-order chi connectivity index (χ0) is 8.84. The third-order valence-electron chi connectivity index (χ3n) is 3.12. The molecule has 0 saturated carbocycles. The molecule has 0 spiro atoms. The van der Waals surface area contributed by atoms with Crippen LogP contribution in [0.15, 0.2) is 24.3 Å². The average molecular weight is 173 g/mol. The highest BCUT2D eigenvalue weighted by atomic mass is 16.2. The molecule has 1 aromatic carbocycles. The van der Waals surface area contributed by atoms with Crippen molar-refractivity contribution in [3.05, 3.63) is 35.4 Å². The maximum atomic E-state index is 11.5. The van der Waals surface area contributed by atoms with E-state index in [-0.39, 0.29) is 17.9 Å². The van der Waals surface area contributed by atoms with Crippen LogP contribution in [0.1, 0.15) is 35.9 Å². The molecule has 0 aromatic heterocycles. The van der Waals surface area contributed by atoms with Crippen LogP contribution in [0.3, 0.4) is 0 Å². The molecule has 1 amide bonds. The molecule has 3 aliphatic rings. The fourth-order valence-corrected chi connectivity index (χ4v) is 2.48. The first-order valence-electron chi connectivity index (χ1n) is 4.75. The molecule has 4 rings (SSSR count). The van der Waals surface area contributed by atoms with Crippen molar-refractivity contribution in [3.8, 4) is 0 Å². The number of carbonyl (C=O) groups excluding carboxylic acids is 1. The number of rotatable bonds is 0. The molecule has 2 unspecified atom stereocenters. The average Bonchev–Trinajstić information content (AvgIpc) is 2.19. The van der Waals surface area contributed by atoms with Crippen LogP contribution in [0.5, 0.6) is 0 Å². The Morgan fingerprint density at radius 1 is 1.15 bits per heavy atom. The van der Waals surface area contributed by atoms with Crippen LogP contribution in [0.4, 0.5) is 0 Å². The van der Waals surface area contributed by atoms with Gasteiger partial charge in [-0.2, -0.15) is 0 Å². The van der Waals surface area contributed by atoms with Crippen molar-refractivity contribution >= 4 is 5.91 Å². The van der Waals surface area contributed by atoms with E-state index in [0.29, 0.717) is 0 Å². The summed E-state index contributed by atoms with van der Waals surface area (Å²) in [5.74, 6) is 0.344. The fourth-order valence-electron chi connectivity index (χ4n) is 2.48. The predicted molar refractivity (Wildman–Crippen MR) is 49.3 cm³/mol. The normalized spacial score (nSPS) is 29.7. The second-order valence-corrected chi connectivity index (χ2v) is 3.82. The van der Waals surface area contributed by atoms with Gasteiger partial charge in [-0.3, -0.25) is 4.79 Å². The molecule has 2 atom stereocenters. The van der Waals surface area contributed by atoms with Gasteiger partial charge >= 0.3 is 0 Å². The van der Waals surface area contributed by atoms with Crippen molar-refractivity contribution in [2.24, 2.45) is 0 Å². The van der Waals surface area contributed by atoms with Gasteiger partial charge in [0.15, 0.2) is 0 Å². The molecule has 2 heterocycles. The zero-order valence-electron chi connectivity index (χ0n) is 7.29. The zero-order valence-corrected chi connectivity index (χ0v) is 7.29. The molecule has 1 aromatic rings. The van der Waals surface area contributed by atoms with Crippen LogP contribution in [-0.2, 0) is 4.79 Å². The van der Waals surface area contributed by atoms with Gasteiger partial charge in [0, 0.05) is 0 Å². The lowest BCUT2D eigenvalue weighted by atomic mass is 9.76. The van der Waals surface area contributed by atoms with E-state index in [1.807, 2.05) is 12.1 Å². The molecule has 1 fully saturated rings. The van der Waals surface area contributed by atoms with Gasteiger partial charge in [-0.05, 0) is 24.0 Å². The predicted octanol–water partition coefficient (Wildman–Crippen LogP) is 1.73. The summed E-state index contributed by atoms with van der Waals surface area (Å²) in [6, 6.07) is 8.57. The van der Waals surface area contributed by atoms with Crippen LogP contribution < -0.4 is 5.32 Å². The Kier molecular flexibility index (Phi) is 1.29. The van der Waals surface area contributed by atoms with E-state index < -0.39 is 0 Å². The quantitative estimate of drug-likeness (QED) is 0.636. The van der Waals surface area contributed by atoms with Crippen LogP contribution in [0.25, 0.3) is 0 Å². The molecule has 1 aliphatic carbocycles. The van der Waals surface area contributed by atoms with Crippen molar-refractivity contribution in [1.29, 1.82) is 0 Å². The number of hydrogen-bond acceptors (Lipinski definition) is 1. The summed E-state index contributed by atoms with van der Waals surface area (Å²) in [5, 5.41) is 3.03. The molecule has 2 heteroatoms. The number of amides is 1. The Morgan fingerprint density at radius 3 is 2.69 bits per heavy atom. The maximum absolute atomic E-state index is 11.5. The van der Waals surface area contributed by atoms with E-state index in [1.165, 1.54) is 11.1 Å². The van der Waals surface area contributed by atoms with Crippen molar-refractivity contribution in [3.63, 3.8) is 0 Å². The highest BCUT2D eigenvalue weighted by Gasteiger charge is 2.37. The second-order valence-electron chi connectivity index (χ2n) is 3.82. The van der Waals surface area contributed by atoms with Crippen LogP contribution in [-0.4, -0.2) is 5.91 Å². The lowest BCUT2D eigenvalue weighted by molar-refractivity contribution is -0.125. The van der Waals surface area contributed by atoms with Crippen LogP contribution in [0, 0.1) is 0 Å². The van der Waals surface area contributed by atoms with Gasteiger partial charge in [0.1, 0.15) is 0 Å². The standard InChI is InChI=1S/C11H11NO/c13-11-9-5-6-10(12-11)8-4-2-1-3-7(8)9/h1-4,9-10H,5-6H2,(H,12,13). The molecule has 2 nitrogen and oxygen atoms in total. The van der Waals surface area contributed by atoms with Gasteiger partial charge in [-0.25, -0.2) is 0 Å². The largest absolute Gasteiger partial charge is 0.349 e. The van der Waals surface area contributed by atoms with E-state index in [4.69, 9.17) is 0 Å². The van der Waals surface area contributed by atoms with E-state index in [0.717, 1.165) is 12.8 Å². The van der Waals surface area contributed by atoms with Crippen molar-refractivity contribution in [1.82, 2.24) is 5.32 Å². The number of benzene rings is 1. The minimum Gasteiger partial charge on any atom is -0.349 e. The van der Waals surface area contributed by atoms with Crippen LogP contribution in [0.2, 0.25) is 0 Å². The molecular weight excluding hydrogens is 162 g/mol. The minimum absolute atomic E-state index is 0.126. The van der Waals surface area contributed by atoms with Crippen molar-refractivity contribution < 1.29 is 4.79 Å². The smallest absolute Gasteiger partial charge is 0.228 e. The number of nitrogens with one attached hydrogen (secondary N) is 1. The number of hydrogen-bond donors (Lipinski definition) is 1.